The first-order valence-corrected chi connectivity index (χ1v) is 8.11. The molecule has 0 bridgehead atoms. The van der Waals surface area contributed by atoms with Crippen LogP contribution in [0.4, 0.5) is 5.82 Å². The third-order valence-electron chi connectivity index (χ3n) is 3.74. The lowest BCUT2D eigenvalue weighted by Crippen LogP contribution is -2.21. The van der Waals surface area contributed by atoms with E-state index in [0.717, 1.165) is 29.2 Å². The van der Waals surface area contributed by atoms with E-state index in [1.54, 1.807) is 24.0 Å². The first-order chi connectivity index (χ1) is 11.4. The Balaban J connectivity index is 1.97. The molecule has 2 rings (SSSR count). The summed E-state index contributed by atoms with van der Waals surface area (Å²) < 4.78 is 1.58. The van der Waals surface area contributed by atoms with E-state index in [0.29, 0.717) is 11.7 Å². The highest BCUT2D eigenvalue weighted by atomic mass is 35.5. The molecule has 7 heteroatoms. The summed E-state index contributed by atoms with van der Waals surface area (Å²) in [5.74, 6) is 0.703. The van der Waals surface area contributed by atoms with Gasteiger partial charge < -0.3 is 10.2 Å². The molecule has 0 unspecified atom stereocenters. The zero-order chi connectivity index (χ0) is 17.7. The summed E-state index contributed by atoms with van der Waals surface area (Å²) in [6.07, 6.45) is 4.90. The van der Waals surface area contributed by atoms with Crippen LogP contribution in [0.25, 0.3) is 6.08 Å². The molecule has 24 heavy (non-hydrogen) atoms. The van der Waals surface area contributed by atoms with Crippen molar-refractivity contribution in [1.29, 1.82) is 0 Å². The minimum atomic E-state index is -0.184. The first-order valence-electron chi connectivity index (χ1n) is 7.73. The van der Waals surface area contributed by atoms with Crippen molar-refractivity contribution >= 4 is 29.4 Å². The predicted molar refractivity (Wildman–Crippen MR) is 97.0 cm³/mol. The highest BCUT2D eigenvalue weighted by molar-refractivity contribution is 6.31. The lowest BCUT2D eigenvalue weighted by Gasteiger charge is -2.16. The van der Waals surface area contributed by atoms with E-state index < -0.39 is 0 Å². The third-order valence-corrected chi connectivity index (χ3v) is 4.19. The van der Waals surface area contributed by atoms with Crippen molar-refractivity contribution in [2.75, 3.05) is 18.5 Å². The van der Waals surface area contributed by atoms with Gasteiger partial charge in [-0.3, -0.25) is 9.48 Å². The van der Waals surface area contributed by atoms with Crippen LogP contribution in [0.5, 0.6) is 0 Å². The summed E-state index contributed by atoms with van der Waals surface area (Å²) in [6.45, 7) is 5.23. The van der Waals surface area contributed by atoms with Crippen molar-refractivity contribution in [3.8, 4) is 0 Å². The van der Waals surface area contributed by atoms with Gasteiger partial charge in [0.15, 0.2) is 0 Å². The van der Waals surface area contributed by atoms with Crippen molar-refractivity contribution in [2.45, 2.75) is 20.4 Å². The summed E-state index contributed by atoms with van der Waals surface area (Å²) in [5.41, 5.74) is 2.54. The molecule has 2 heterocycles. The van der Waals surface area contributed by atoms with Gasteiger partial charge in [0.2, 0.25) is 5.91 Å². The predicted octanol–water partition coefficient (Wildman–Crippen LogP) is 2.56. The van der Waals surface area contributed by atoms with Gasteiger partial charge in [-0.05, 0) is 37.6 Å². The second-order valence-corrected chi connectivity index (χ2v) is 5.86. The fraction of sp³-hybridized carbons (Fsp3) is 0.353. The summed E-state index contributed by atoms with van der Waals surface area (Å²) in [6, 6.07) is 3.86. The number of aryl methyl sites for hydroxylation is 2. The monoisotopic (exact) mass is 347 g/mol. The molecule has 0 saturated heterocycles. The van der Waals surface area contributed by atoms with Crippen LogP contribution in [0.1, 0.15) is 23.7 Å². The van der Waals surface area contributed by atoms with Gasteiger partial charge in [0.25, 0.3) is 0 Å². The normalized spacial score (nSPS) is 11.0. The summed E-state index contributed by atoms with van der Waals surface area (Å²) >= 11 is 6.14. The Morgan fingerprint density at radius 3 is 2.88 bits per heavy atom. The van der Waals surface area contributed by atoms with Crippen LogP contribution < -0.4 is 10.2 Å². The number of carbonyl (C=O) groups is 1. The topological polar surface area (TPSA) is 63.1 Å². The van der Waals surface area contributed by atoms with Crippen molar-refractivity contribution in [2.24, 2.45) is 7.05 Å². The van der Waals surface area contributed by atoms with Crippen LogP contribution >= 0.6 is 11.6 Å². The largest absolute Gasteiger partial charge is 0.360 e. The number of carbonyl (C=O) groups excluding carboxylic acids is 1. The number of amides is 1. The Hall–Kier alpha value is -2.34. The van der Waals surface area contributed by atoms with Crippen LogP contribution in [0, 0.1) is 6.92 Å². The molecule has 1 N–H and O–H groups in total. The van der Waals surface area contributed by atoms with Crippen LogP contribution in [0.15, 0.2) is 24.4 Å². The zero-order valence-electron chi connectivity index (χ0n) is 14.4. The number of rotatable bonds is 6. The van der Waals surface area contributed by atoms with Crippen LogP contribution in [0.2, 0.25) is 5.15 Å². The zero-order valence-corrected chi connectivity index (χ0v) is 15.1. The van der Waals surface area contributed by atoms with Gasteiger partial charge in [-0.1, -0.05) is 11.6 Å². The summed E-state index contributed by atoms with van der Waals surface area (Å²) in [4.78, 5) is 18.4. The lowest BCUT2D eigenvalue weighted by atomic mass is 10.2. The molecule has 6 nitrogen and oxygen atoms in total. The third kappa shape index (κ3) is 4.35. The van der Waals surface area contributed by atoms with E-state index >= 15 is 0 Å². The van der Waals surface area contributed by atoms with Gasteiger partial charge in [0.05, 0.1) is 5.69 Å². The molecule has 0 spiro atoms. The van der Waals surface area contributed by atoms with E-state index in [-0.39, 0.29) is 5.91 Å². The lowest BCUT2D eigenvalue weighted by molar-refractivity contribution is -0.116. The van der Waals surface area contributed by atoms with Crippen molar-refractivity contribution in [3.05, 3.63) is 46.4 Å². The molecule has 128 valence electrons. The van der Waals surface area contributed by atoms with Gasteiger partial charge in [-0.25, -0.2) is 4.98 Å². The molecule has 0 aromatic carbocycles. The minimum absolute atomic E-state index is 0.184. The van der Waals surface area contributed by atoms with Gasteiger partial charge >= 0.3 is 0 Å². The van der Waals surface area contributed by atoms with Crippen LogP contribution in [0.3, 0.4) is 0 Å². The van der Waals surface area contributed by atoms with Crippen LogP contribution in [-0.2, 0) is 18.4 Å². The van der Waals surface area contributed by atoms with E-state index in [1.165, 1.54) is 6.08 Å². The second-order valence-electron chi connectivity index (χ2n) is 5.50. The Morgan fingerprint density at radius 1 is 1.50 bits per heavy atom. The Morgan fingerprint density at radius 2 is 2.25 bits per heavy atom. The minimum Gasteiger partial charge on any atom is -0.360 e. The van der Waals surface area contributed by atoms with E-state index in [4.69, 9.17) is 11.6 Å². The standard InChI is InChI=1S/C17H22ClN5O/c1-5-22(3)15-10-13(8-9-19-15)11-20-16(24)7-6-14-12(2)21-23(4)17(14)18/h6-10H,5,11H2,1-4H3,(H,20,24)/b7-6+. The molecule has 1 amide bonds. The summed E-state index contributed by atoms with van der Waals surface area (Å²) in [5, 5.41) is 7.58. The quantitative estimate of drug-likeness (QED) is 0.816. The number of anilines is 1. The Labute approximate surface area is 147 Å². The highest BCUT2D eigenvalue weighted by Gasteiger charge is 2.08. The number of nitrogens with zero attached hydrogens (tertiary/aromatic N) is 4. The first kappa shape index (κ1) is 18.0. The SMILES string of the molecule is CCN(C)c1cc(CNC(=O)/C=C/c2c(C)nn(C)c2Cl)ccn1. The maximum Gasteiger partial charge on any atom is 0.244 e. The number of hydrogen-bond donors (Lipinski definition) is 1. The fourth-order valence-corrected chi connectivity index (χ4v) is 2.42. The van der Waals surface area contributed by atoms with Gasteiger partial charge in [-0.2, -0.15) is 5.10 Å². The van der Waals surface area contributed by atoms with E-state index in [9.17, 15) is 4.79 Å². The molecule has 0 atom stereocenters. The average Bonchev–Trinajstić information content (AvgIpc) is 2.83. The number of pyridine rings is 1. The average molecular weight is 348 g/mol. The number of nitrogens with one attached hydrogen (secondary N) is 1. The molecular weight excluding hydrogens is 326 g/mol. The van der Waals surface area contributed by atoms with Gasteiger partial charge in [0, 0.05) is 45.0 Å². The Bertz CT molecular complexity index is 753. The van der Waals surface area contributed by atoms with Crippen molar-refractivity contribution in [1.82, 2.24) is 20.1 Å². The molecule has 0 aliphatic rings. The molecule has 0 radical (unpaired) electrons. The number of aromatic nitrogens is 3. The van der Waals surface area contributed by atoms with Crippen molar-refractivity contribution in [3.63, 3.8) is 0 Å². The molecule has 0 fully saturated rings. The van der Waals surface area contributed by atoms with Gasteiger partial charge in [-0.15, -0.1) is 0 Å². The van der Waals surface area contributed by atoms with Crippen LogP contribution in [-0.4, -0.2) is 34.3 Å². The number of halogens is 1. The molecule has 0 aliphatic heterocycles. The van der Waals surface area contributed by atoms with E-state index in [1.807, 2.05) is 31.0 Å². The molecular formula is C17H22ClN5O. The number of hydrogen-bond acceptors (Lipinski definition) is 4. The van der Waals surface area contributed by atoms with Gasteiger partial charge in [0.1, 0.15) is 11.0 Å². The Kier molecular flexibility index (Phi) is 5.98. The maximum absolute atomic E-state index is 12.0. The smallest absolute Gasteiger partial charge is 0.244 e. The highest BCUT2D eigenvalue weighted by Crippen LogP contribution is 2.19. The fourth-order valence-electron chi connectivity index (χ4n) is 2.18. The van der Waals surface area contributed by atoms with Crippen molar-refractivity contribution < 1.29 is 4.79 Å². The maximum atomic E-state index is 12.0. The molecule has 2 aromatic rings. The second kappa shape index (κ2) is 7.97. The summed E-state index contributed by atoms with van der Waals surface area (Å²) in [7, 11) is 3.74. The molecule has 0 aliphatic carbocycles. The molecule has 2 aromatic heterocycles. The van der Waals surface area contributed by atoms with E-state index in [2.05, 4.69) is 22.3 Å². The molecule has 0 saturated carbocycles.